The Labute approximate surface area is 301 Å². The summed E-state index contributed by atoms with van der Waals surface area (Å²) in [6.45, 7) is 1.51. The molecule has 6 heteroatoms. The molecule has 0 atom stereocenters. The molecule has 0 N–H and O–H groups in total. The van der Waals surface area contributed by atoms with E-state index in [1.54, 1.807) is 0 Å². The monoisotopic (exact) mass is 926 g/mol. The third-order valence-corrected chi connectivity index (χ3v) is 10.7. The highest BCUT2D eigenvalue weighted by molar-refractivity contribution is 14.1. The van der Waals surface area contributed by atoms with Gasteiger partial charge < -0.3 is 9.47 Å². The van der Waals surface area contributed by atoms with Gasteiger partial charge in [0.15, 0.2) is 0 Å². The van der Waals surface area contributed by atoms with Crippen molar-refractivity contribution in [2.45, 2.75) is 56.8 Å². The molecule has 0 amide bonds. The lowest BCUT2D eigenvalue weighted by atomic mass is 9.68. The first-order valence-corrected chi connectivity index (χ1v) is 19.7. The number of rotatable bonds is 16. The van der Waals surface area contributed by atoms with Gasteiger partial charge in [0.25, 0.3) is 0 Å². The maximum absolute atomic E-state index is 6.17. The maximum atomic E-state index is 6.17. The van der Waals surface area contributed by atoms with E-state index in [1.165, 1.54) is 79.0 Å². The minimum absolute atomic E-state index is 0.435. The Bertz CT molecular complexity index is 1360. The van der Waals surface area contributed by atoms with Gasteiger partial charge in [0.05, 0.1) is 18.6 Å². The summed E-state index contributed by atoms with van der Waals surface area (Å²) in [4.78, 5) is 0. The van der Waals surface area contributed by atoms with Crippen LogP contribution in [-0.2, 0) is 5.41 Å². The second kappa shape index (κ2) is 16.5. The number of benzene rings is 4. The molecule has 0 heterocycles. The molecule has 0 unspecified atom stereocenters. The van der Waals surface area contributed by atoms with Crippen LogP contribution in [0.1, 0.15) is 73.6 Å². The summed E-state index contributed by atoms with van der Waals surface area (Å²) in [5, 5.41) is 2.16. The Kier molecular flexibility index (Phi) is 12.7. The summed E-state index contributed by atoms with van der Waals surface area (Å²) in [5.41, 5.74) is 7.34. The van der Waals surface area contributed by atoms with Gasteiger partial charge in [0.2, 0.25) is 0 Å². The Hall–Kier alpha value is -1.10. The third kappa shape index (κ3) is 7.83. The van der Waals surface area contributed by atoms with Crippen LogP contribution in [0.15, 0.2) is 84.9 Å². The lowest BCUT2D eigenvalue weighted by Gasteiger charge is -2.34. The molecule has 0 saturated heterocycles. The van der Waals surface area contributed by atoms with E-state index in [0.717, 1.165) is 48.2 Å². The van der Waals surface area contributed by atoms with Crippen LogP contribution in [0.4, 0.5) is 0 Å². The van der Waals surface area contributed by atoms with Crippen LogP contribution in [0.25, 0.3) is 11.1 Å². The lowest BCUT2D eigenvalue weighted by molar-refractivity contribution is 0.305. The first-order valence-electron chi connectivity index (χ1n) is 15.3. The molecule has 4 aromatic rings. The van der Waals surface area contributed by atoms with Crippen molar-refractivity contribution in [3.8, 4) is 22.6 Å². The lowest BCUT2D eigenvalue weighted by Crippen LogP contribution is -2.28. The van der Waals surface area contributed by atoms with Gasteiger partial charge in [0.1, 0.15) is 11.5 Å². The number of fused-ring (bicyclic) bond motifs is 3. The molecule has 43 heavy (non-hydrogen) atoms. The van der Waals surface area contributed by atoms with Crippen molar-refractivity contribution >= 4 is 77.0 Å². The van der Waals surface area contributed by atoms with E-state index in [-0.39, 0.29) is 0 Å². The van der Waals surface area contributed by atoms with E-state index in [0.29, 0.717) is 0 Å². The molecule has 226 valence electrons. The van der Waals surface area contributed by atoms with Crippen molar-refractivity contribution in [2.75, 3.05) is 23.9 Å². The molecule has 4 aromatic carbocycles. The zero-order valence-electron chi connectivity index (χ0n) is 24.4. The molecule has 1 aliphatic carbocycles. The summed E-state index contributed by atoms with van der Waals surface area (Å²) < 4.78 is 14.8. The summed E-state index contributed by atoms with van der Waals surface area (Å²) in [5.74, 6) is 1.87. The number of unbranched alkanes of at least 4 members (excludes halogenated alkanes) is 6. The zero-order chi connectivity index (χ0) is 30.1. The molecular formula is C37H38Br2I2O2. The van der Waals surface area contributed by atoms with Crippen molar-refractivity contribution in [1.29, 1.82) is 0 Å². The first kappa shape index (κ1) is 33.3. The molecule has 0 bridgehead atoms. The fourth-order valence-electron chi connectivity index (χ4n) is 6.14. The molecule has 2 nitrogen and oxygen atoms in total. The van der Waals surface area contributed by atoms with Crippen molar-refractivity contribution < 1.29 is 9.47 Å². The van der Waals surface area contributed by atoms with E-state index in [1.807, 2.05) is 0 Å². The van der Waals surface area contributed by atoms with E-state index in [9.17, 15) is 0 Å². The minimum atomic E-state index is -0.435. The normalized spacial score (nSPS) is 13.0. The molecule has 0 radical (unpaired) electrons. The van der Waals surface area contributed by atoms with Gasteiger partial charge in [-0.1, -0.05) is 93.9 Å². The Balaban J connectivity index is 1.49. The fourth-order valence-corrected chi connectivity index (χ4v) is 7.91. The van der Waals surface area contributed by atoms with Crippen LogP contribution in [-0.4, -0.2) is 23.9 Å². The van der Waals surface area contributed by atoms with Crippen LogP contribution < -0.4 is 9.47 Å². The van der Waals surface area contributed by atoms with Crippen molar-refractivity contribution in [1.82, 2.24) is 0 Å². The van der Waals surface area contributed by atoms with Gasteiger partial charge in [-0.25, -0.2) is 0 Å². The van der Waals surface area contributed by atoms with Gasteiger partial charge in [-0.3, -0.25) is 0 Å². The Morgan fingerprint density at radius 2 is 0.884 bits per heavy atom. The zero-order valence-corrected chi connectivity index (χ0v) is 31.9. The highest BCUT2D eigenvalue weighted by Crippen LogP contribution is 2.56. The van der Waals surface area contributed by atoms with Gasteiger partial charge >= 0.3 is 0 Å². The quantitative estimate of drug-likeness (QED) is 0.0558. The molecule has 0 fully saturated rings. The van der Waals surface area contributed by atoms with E-state index < -0.39 is 5.41 Å². The summed E-state index contributed by atoms with van der Waals surface area (Å²) in [6.07, 6.45) is 9.51. The van der Waals surface area contributed by atoms with E-state index in [2.05, 4.69) is 162 Å². The SMILES string of the molecule is BrCCCCCCOc1ccc(C2(c3ccc(OCCCCCCBr)cc3)c3cc(I)ccc3-c3ccc(I)cc32)cc1. The maximum Gasteiger partial charge on any atom is 0.119 e. The smallest absolute Gasteiger partial charge is 0.119 e. The van der Waals surface area contributed by atoms with Crippen LogP contribution in [0.3, 0.4) is 0 Å². The van der Waals surface area contributed by atoms with Crippen LogP contribution in [0, 0.1) is 7.14 Å². The minimum Gasteiger partial charge on any atom is -0.494 e. The predicted octanol–water partition coefficient (Wildman–Crippen LogP) is 11.9. The molecule has 5 rings (SSSR count). The van der Waals surface area contributed by atoms with Gasteiger partial charge in [-0.2, -0.15) is 0 Å². The first-order chi connectivity index (χ1) is 21.1. The van der Waals surface area contributed by atoms with Crippen LogP contribution >= 0.6 is 77.0 Å². The number of hydrogen-bond acceptors (Lipinski definition) is 2. The molecule has 1 aliphatic rings. The number of halogens is 4. The standard InChI is InChI=1S/C37H38Br2I2O2/c38-21-5-1-3-7-23-42-31-15-9-27(10-16-31)37(28-11-17-32(18-12-28)43-24-8-4-2-6-22-39)35-25-29(40)13-19-33(35)34-20-14-30(41)26-36(34)37/h9-20,25-26H,1-8,21-24H2. The molecule has 0 aliphatic heterocycles. The fraction of sp³-hybridized carbons (Fsp3) is 0.351. The average molecular weight is 928 g/mol. The second-order valence-electron chi connectivity index (χ2n) is 11.1. The summed E-state index contributed by atoms with van der Waals surface area (Å²) in [6, 6.07) is 31.5. The number of hydrogen-bond donors (Lipinski definition) is 0. The highest BCUT2D eigenvalue weighted by Gasteiger charge is 2.46. The average Bonchev–Trinajstić information content (AvgIpc) is 3.30. The number of alkyl halides is 2. The van der Waals surface area contributed by atoms with Gasteiger partial charge in [0, 0.05) is 17.8 Å². The molecule has 0 spiro atoms. The van der Waals surface area contributed by atoms with Crippen molar-refractivity contribution in [3.05, 3.63) is 114 Å². The largest absolute Gasteiger partial charge is 0.494 e. The Morgan fingerprint density at radius 1 is 0.488 bits per heavy atom. The topological polar surface area (TPSA) is 18.5 Å². The van der Waals surface area contributed by atoms with Gasteiger partial charge in [-0.05, 0) is 153 Å². The van der Waals surface area contributed by atoms with Crippen molar-refractivity contribution in [3.63, 3.8) is 0 Å². The van der Waals surface area contributed by atoms with Crippen LogP contribution in [0.2, 0.25) is 0 Å². The van der Waals surface area contributed by atoms with Crippen molar-refractivity contribution in [2.24, 2.45) is 0 Å². The molecule has 0 saturated carbocycles. The van der Waals surface area contributed by atoms with Gasteiger partial charge in [-0.15, -0.1) is 0 Å². The van der Waals surface area contributed by atoms with E-state index in [4.69, 9.17) is 9.47 Å². The molecular weight excluding hydrogens is 890 g/mol. The second-order valence-corrected chi connectivity index (χ2v) is 15.2. The third-order valence-electron chi connectivity index (χ3n) is 8.23. The number of ether oxygens (including phenoxy) is 2. The highest BCUT2D eigenvalue weighted by atomic mass is 127. The van der Waals surface area contributed by atoms with Crippen LogP contribution in [0.5, 0.6) is 11.5 Å². The predicted molar refractivity (Wildman–Crippen MR) is 205 cm³/mol. The van der Waals surface area contributed by atoms with E-state index >= 15 is 0 Å². The molecule has 0 aromatic heterocycles. The summed E-state index contributed by atoms with van der Waals surface area (Å²) in [7, 11) is 0. The summed E-state index contributed by atoms with van der Waals surface area (Å²) >= 11 is 11.9. The Morgan fingerprint density at radius 3 is 1.28 bits per heavy atom.